The number of rotatable bonds is 6. The number of sulfone groups is 1. The van der Waals surface area contributed by atoms with Crippen molar-refractivity contribution in [1.29, 1.82) is 0 Å². The van der Waals surface area contributed by atoms with Crippen LogP contribution in [0.4, 0.5) is 0 Å². The molecule has 2 fully saturated rings. The fourth-order valence-electron chi connectivity index (χ4n) is 6.87. The number of nitrogens with zero attached hydrogens (tertiary/aromatic N) is 1. The van der Waals surface area contributed by atoms with Crippen LogP contribution in [-0.4, -0.2) is 59.8 Å². The number of carbonyl (C=O) groups is 1. The Morgan fingerprint density at radius 1 is 0.907 bits per heavy atom. The third kappa shape index (κ3) is 4.91. The van der Waals surface area contributed by atoms with Gasteiger partial charge < -0.3 is 5.11 Å². The lowest BCUT2D eigenvalue weighted by molar-refractivity contribution is 0.0696. The topological polar surface area (TPSA) is 155 Å². The van der Waals surface area contributed by atoms with E-state index < -0.39 is 47.3 Å². The van der Waals surface area contributed by atoms with Crippen molar-refractivity contribution in [1.82, 2.24) is 9.03 Å². The molecule has 1 saturated heterocycles. The molecule has 228 valence electrons. The number of aromatic carboxylic acids is 1. The van der Waals surface area contributed by atoms with Gasteiger partial charge in [-0.15, -0.1) is 0 Å². The fraction of sp³-hybridized carbons (Fsp3) is 0.367. The molecule has 0 amide bonds. The zero-order valence-electron chi connectivity index (χ0n) is 23.5. The molecule has 2 heterocycles. The molecule has 1 aliphatic carbocycles. The van der Waals surface area contributed by atoms with Crippen LogP contribution in [0, 0.1) is 6.92 Å². The number of fused-ring (bicyclic) bond motifs is 4. The lowest BCUT2D eigenvalue weighted by atomic mass is 9.72. The largest absolute Gasteiger partial charge is 0.478 e. The second-order valence-corrected chi connectivity index (χ2v) is 17.0. The first kappa shape index (κ1) is 29.9. The molecule has 43 heavy (non-hydrogen) atoms. The monoisotopic (exact) mass is 644 g/mol. The van der Waals surface area contributed by atoms with Gasteiger partial charge in [0.15, 0.2) is 0 Å². The van der Waals surface area contributed by atoms with Gasteiger partial charge in [0, 0.05) is 24.5 Å². The highest BCUT2D eigenvalue weighted by Gasteiger charge is 2.48. The van der Waals surface area contributed by atoms with E-state index >= 15 is 0 Å². The Balaban J connectivity index is 1.26. The number of piperidine rings is 1. The lowest BCUT2D eigenvalue weighted by Crippen LogP contribution is -2.46. The van der Waals surface area contributed by atoms with Gasteiger partial charge in [0.25, 0.3) is 0 Å². The zero-order valence-corrected chi connectivity index (χ0v) is 25.9. The average molecular weight is 645 g/mol. The highest BCUT2D eigenvalue weighted by Crippen LogP contribution is 2.54. The second kappa shape index (κ2) is 10.5. The van der Waals surface area contributed by atoms with Crippen LogP contribution in [-0.2, 0) is 35.3 Å². The van der Waals surface area contributed by atoms with Crippen LogP contribution in [0.2, 0.25) is 0 Å². The molecule has 0 radical (unpaired) electrons. The summed E-state index contributed by atoms with van der Waals surface area (Å²) in [6.07, 6.45) is 3.87. The van der Waals surface area contributed by atoms with Gasteiger partial charge in [-0.05, 0) is 79.6 Å². The van der Waals surface area contributed by atoms with E-state index in [1.807, 2.05) is 12.1 Å². The Labute approximate surface area is 251 Å². The van der Waals surface area contributed by atoms with Crippen molar-refractivity contribution in [3.63, 3.8) is 0 Å². The first-order chi connectivity index (χ1) is 20.3. The number of benzene rings is 3. The summed E-state index contributed by atoms with van der Waals surface area (Å²) in [4.78, 5) is 11.3. The molecule has 2 aliphatic heterocycles. The summed E-state index contributed by atoms with van der Waals surface area (Å²) in [5.74, 6) is -1.24. The van der Waals surface area contributed by atoms with E-state index in [1.54, 1.807) is 25.1 Å². The van der Waals surface area contributed by atoms with Crippen LogP contribution in [0.1, 0.15) is 65.6 Å². The van der Waals surface area contributed by atoms with Crippen LogP contribution >= 0.6 is 0 Å². The fourth-order valence-corrected chi connectivity index (χ4v) is 11.9. The maximum Gasteiger partial charge on any atom is 0.335 e. The minimum Gasteiger partial charge on any atom is -0.478 e. The van der Waals surface area contributed by atoms with E-state index in [9.17, 15) is 35.2 Å². The minimum atomic E-state index is -4.15. The van der Waals surface area contributed by atoms with Gasteiger partial charge in [-0.25, -0.2) is 34.8 Å². The molecule has 3 aromatic rings. The van der Waals surface area contributed by atoms with Crippen LogP contribution < -0.4 is 4.72 Å². The van der Waals surface area contributed by atoms with E-state index in [-0.39, 0.29) is 51.1 Å². The summed E-state index contributed by atoms with van der Waals surface area (Å²) in [6.45, 7) is 1.73. The summed E-state index contributed by atoms with van der Waals surface area (Å²) < 4.78 is 85.2. The van der Waals surface area contributed by atoms with E-state index in [0.717, 1.165) is 37.3 Å². The Hall–Kier alpha value is -3.10. The number of hydrogen-bond donors (Lipinski definition) is 2. The van der Waals surface area contributed by atoms with Gasteiger partial charge in [0.1, 0.15) is 0 Å². The van der Waals surface area contributed by atoms with Crippen molar-refractivity contribution in [2.45, 2.75) is 76.5 Å². The van der Waals surface area contributed by atoms with Gasteiger partial charge in [-0.1, -0.05) is 43.2 Å². The predicted molar refractivity (Wildman–Crippen MR) is 158 cm³/mol. The maximum atomic E-state index is 13.8. The molecule has 13 heteroatoms. The predicted octanol–water partition coefficient (Wildman–Crippen LogP) is 3.83. The molecule has 0 bridgehead atoms. The zero-order chi connectivity index (χ0) is 30.8. The quantitative estimate of drug-likeness (QED) is 0.410. The molecule has 2 N–H and O–H groups in total. The summed E-state index contributed by atoms with van der Waals surface area (Å²) in [7, 11) is -12.1. The number of carboxylic acids is 1. The van der Waals surface area contributed by atoms with E-state index in [1.165, 1.54) is 28.6 Å². The van der Waals surface area contributed by atoms with Crippen molar-refractivity contribution in [2.75, 3.05) is 13.1 Å². The van der Waals surface area contributed by atoms with Crippen molar-refractivity contribution in [2.24, 2.45) is 0 Å². The van der Waals surface area contributed by atoms with Crippen molar-refractivity contribution in [3.8, 4) is 0 Å². The van der Waals surface area contributed by atoms with Crippen LogP contribution in [0.15, 0.2) is 80.2 Å². The second-order valence-electron chi connectivity index (χ2n) is 11.5. The molecular formula is C30H32N2O8S3. The summed E-state index contributed by atoms with van der Waals surface area (Å²) in [5.41, 5.74) is 1.27. The summed E-state index contributed by atoms with van der Waals surface area (Å²) in [6, 6.07) is 14.6. The molecule has 1 saturated carbocycles. The minimum absolute atomic E-state index is 0.0311. The smallest absolute Gasteiger partial charge is 0.335 e. The standard InChI is InChI=1S/C30H32N2O8S3/c1-20-17-25-28(41(35,36)26-10-3-2-9-24(26)30(25)13-4-5-14-30)19-27(20)42(37,38)31-22-11-15-32(16-12-22)43(39,40)23-8-6-7-21(18-23)29(33)34/h2-3,6-10,17-19,22,31H,4-5,11-16H2,1H3,(H,33,34). The number of aryl methyl sites for hydroxylation is 1. The molecule has 6 rings (SSSR count). The van der Waals surface area contributed by atoms with Gasteiger partial charge in [0.2, 0.25) is 29.9 Å². The van der Waals surface area contributed by atoms with E-state index in [0.29, 0.717) is 11.1 Å². The van der Waals surface area contributed by atoms with Gasteiger partial charge in [-0.2, -0.15) is 4.31 Å². The SMILES string of the molecule is Cc1cc2c(cc1S(=O)(=O)NC1CCN(S(=O)(=O)c3cccc(C(=O)O)c3)CC1)S(=O)(=O)c1ccccc1C21CCCC1. The highest BCUT2D eigenvalue weighted by atomic mass is 32.2. The van der Waals surface area contributed by atoms with Gasteiger partial charge in [-0.3, -0.25) is 0 Å². The van der Waals surface area contributed by atoms with E-state index in [4.69, 9.17) is 0 Å². The highest BCUT2D eigenvalue weighted by molar-refractivity contribution is 7.92. The van der Waals surface area contributed by atoms with Crippen LogP contribution in [0.25, 0.3) is 0 Å². The molecule has 0 unspecified atom stereocenters. The first-order valence-electron chi connectivity index (χ1n) is 14.1. The number of hydrogen-bond acceptors (Lipinski definition) is 7. The Morgan fingerprint density at radius 2 is 1.58 bits per heavy atom. The van der Waals surface area contributed by atoms with Crippen molar-refractivity contribution in [3.05, 3.63) is 82.9 Å². The lowest BCUT2D eigenvalue weighted by Gasteiger charge is -2.38. The van der Waals surface area contributed by atoms with Gasteiger partial charge >= 0.3 is 5.97 Å². The Kier molecular flexibility index (Phi) is 7.32. The molecule has 0 aromatic heterocycles. The Bertz CT molecular complexity index is 1960. The number of sulfonamides is 2. The van der Waals surface area contributed by atoms with Crippen LogP contribution in [0.3, 0.4) is 0 Å². The average Bonchev–Trinajstić information content (AvgIpc) is 3.47. The third-order valence-electron chi connectivity index (χ3n) is 9.02. The summed E-state index contributed by atoms with van der Waals surface area (Å²) >= 11 is 0. The molecule has 10 nitrogen and oxygen atoms in total. The molecular weight excluding hydrogens is 613 g/mol. The number of nitrogens with one attached hydrogen (secondary N) is 1. The maximum absolute atomic E-state index is 13.8. The molecule has 3 aliphatic rings. The normalized spacial score (nSPS) is 20.0. The Morgan fingerprint density at radius 3 is 2.26 bits per heavy atom. The molecule has 0 atom stereocenters. The third-order valence-corrected chi connectivity index (χ3v) is 14.4. The molecule has 3 aromatic carbocycles. The molecule has 1 spiro atoms. The number of carboxylic acid groups (broad SMARTS) is 1. The summed E-state index contributed by atoms with van der Waals surface area (Å²) in [5, 5.41) is 9.23. The van der Waals surface area contributed by atoms with E-state index in [2.05, 4.69) is 4.72 Å². The van der Waals surface area contributed by atoms with Crippen LogP contribution in [0.5, 0.6) is 0 Å². The first-order valence-corrected chi connectivity index (χ1v) is 18.5. The van der Waals surface area contributed by atoms with Crippen molar-refractivity contribution < 1.29 is 35.2 Å². The van der Waals surface area contributed by atoms with Crippen molar-refractivity contribution >= 4 is 35.9 Å². The van der Waals surface area contributed by atoms with Gasteiger partial charge in [0.05, 0.1) is 25.1 Å².